The topological polar surface area (TPSA) is 95.1 Å². The minimum absolute atomic E-state index is 0.0967. The molecule has 4 rings (SSSR count). The van der Waals surface area contributed by atoms with Crippen molar-refractivity contribution in [1.82, 2.24) is 9.97 Å². The maximum absolute atomic E-state index is 12.7. The van der Waals surface area contributed by atoms with Crippen molar-refractivity contribution >= 4 is 23.5 Å². The second-order valence-electron chi connectivity index (χ2n) is 6.31. The largest absolute Gasteiger partial charge is 0.508 e. The third kappa shape index (κ3) is 3.73. The van der Waals surface area contributed by atoms with Gasteiger partial charge in [-0.2, -0.15) is 0 Å². The number of fused-ring (bicyclic) bond motifs is 1. The zero-order chi connectivity index (χ0) is 18.8. The van der Waals surface area contributed by atoms with Gasteiger partial charge in [-0.25, -0.2) is 4.98 Å². The molecule has 27 heavy (non-hydrogen) atoms. The van der Waals surface area contributed by atoms with Crippen LogP contribution in [0.1, 0.15) is 29.0 Å². The zero-order valence-electron chi connectivity index (χ0n) is 14.3. The van der Waals surface area contributed by atoms with Crippen molar-refractivity contribution in [3.05, 3.63) is 81.6 Å². The van der Waals surface area contributed by atoms with Crippen molar-refractivity contribution in [2.24, 2.45) is 0 Å². The first-order chi connectivity index (χ1) is 13.1. The van der Waals surface area contributed by atoms with Crippen molar-refractivity contribution in [1.29, 1.82) is 0 Å². The Morgan fingerprint density at radius 1 is 1.11 bits per heavy atom. The number of anilines is 1. The molecule has 0 spiro atoms. The van der Waals surface area contributed by atoms with Gasteiger partial charge in [-0.1, -0.05) is 54.2 Å². The van der Waals surface area contributed by atoms with Crippen LogP contribution in [0.2, 0.25) is 0 Å². The number of phenolic OH excluding ortho intramolecular Hbond substituents is 1. The van der Waals surface area contributed by atoms with Gasteiger partial charge in [0.1, 0.15) is 11.6 Å². The fourth-order valence-electron chi connectivity index (χ4n) is 3.17. The molecular formula is C20H17N3O3S. The molecule has 0 aliphatic carbocycles. The average molecular weight is 379 g/mol. The minimum Gasteiger partial charge on any atom is -0.508 e. The molecule has 0 bridgehead atoms. The Balaban J connectivity index is 1.67. The molecule has 2 aromatic carbocycles. The molecule has 3 aromatic rings. The van der Waals surface area contributed by atoms with E-state index < -0.39 is 5.92 Å². The van der Waals surface area contributed by atoms with Gasteiger partial charge in [0.05, 0.1) is 5.56 Å². The SMILES string of the molecule is O=C1C[C@H](c2cccc(O)c2)c2c(nc(SCc3ccccc3)[nH]c2=O)N1. The number of nitrogens with one attached hydrogen (secondary N) is 2. The van der Waals surface area contributed by atoms with Crippen molar-refractivity contribution < 1.29 is 9.90 Å². The van der Waals surface area contributed by atoms with Gasteiger partial charge in [-0.05, 0) is 23.3 Å². The highest BCUT2D eigenvalue weighted by Gasteiger charge is 2.31. The van der Waals surface area contributed by atoms with Crippen molar-refractivity contribution in [2.75, 3.05) is 5.32 Å². The van der Waals surface area contributed by atoms with Gasteiger partial charge in [0, 0.05) is 18.1 Å². The molecule has 7 heteroatoms. The number of rotatable bonds is 4. The summed E-state index contributed by atoms with van der Waals surface area (Å²) in [5, 5.41) is 12.9. The molecular weight excluding hydrogens is 362 g/mol. The molecule has 0 saturated heterocycles. The Morgan fingerprint density at radius 3 is 2.70 bits per heavy atom. The first kappa shape index (κ1) is 17.4. The third-order valence-corrected chi connectivity index (χ3v) is 5.36. The normalized spacial score (nSPS) is 15.9. The molecule has 0 fully saturated rings. The van der Waals surface area contributed by atoms with E-state index in [9.17, 15) is 14.7 Å². The predicted molar refractivity (Wildman–Crippen MR) is 104 cm³/mol. The summed E-state index contributed by atoms with van der Waals surface area (Å²) in [6.07, 6.45) is 0.137. The number of aromatic nitrogens is 2. The standard InChI is InChI=1S/C20H17N3O3S/c24-14-8-4-7-13(9-14)15-10-16(25)21-18-17(15)19(26)23-20(22-18)27-11-12-5-2-1-3-6-12/h1-9,15,24H,10-11H2,(H2,21,22,23,25,26)/t15-/m1/s1. The molecule has 0 saturated carbocycles. The van der Waals surface area contributed by atoms with E-state index in [0.717, 1.165) is 5.56 Å². The summed E-state index contributed by atoms with van der Waals surface area (Å²) < 4.78 is 0. The van der Waals surface area contributed by atoms with Crippen LogP contribution in [0.5, 0.6) is 5.75 Å². The monoisotopic (exact) mass is 379 g/mol. The van der Waals surface area contributed by atoms with E-state index in [4.69, 9.17) is 0 Å². The summed E-state index contributed by atoms with van der Waals surface area (Å²) in [5.41, 5.74) is 1.97. The van der Waals surface area contributed by atoms with Crippen LogP contribution in [-0.2, 0) is 10.5 Å². The summed E-state index contributed by atoms with van der Waals surface area (Å²) in [5.74, 6) is 0.406. The van der Waals surface area contributed by atoms with E-state index in [-0.39, 0.29) is 23.6 Å². The maximum atomic E-state index is 12.7. The van der Waals surface area contributed by atoms with Gasteiger partial charge in [-0.15, -0.1) is 0 Å². The van der Waals surface area contributed by atoms with E-state index in [2.05, 4.69) is 15.3 Å². The Morgan fingerprint density at radius 2 is 1.93 bits per heavy atom. The van der Waals surface area contributed by atoms with Gasteiger partial charge in [0.2, 0.25) is 5.91 Å². The van der Waals surface area contributed by atoms with Gasteiger partial charge < -0.3 is 15.4 Å². The Kier molecular flexibility index (Phi) is 4.68. The quantitative estimate of drug-likeness (QED) is 0.478. The number of carbonyl (C=O) groups is 1. The number of benzene rings is 2. The number of aromatic amines is 1. The van der Waals surface area contributed by atoms with E-state index in [1.54, 1.807) is 24.3 Å². The summed E-state index contributed by atoms with van der Waals surface area (Å²) in [6.45, 7) is 0. The number of nitrogens with zero attached hydrogens (tertiary/aromatic N) is 1. The van der Waals surface area contributed by atoms with Crippen LogP contribution in [0.4, 0.5) is 5.82 Å². The van der Waals surface area contributed by atoms with E-state index >= 15 is 0 Å². The maximum Gasteiger partial charge on any atom is 0.257 e. The molecule has 1 atom stereocenters. The smallest absolute Gasteiger partial charge is 0.257 e. The number of H-pyrrole nitrogens is 1. The van der Waals surface area contributed by atoms with Crippen molar-refractivity contribution in [3.63, 3.8) is 0 Å². The molecule has 1 aliphatic rings. The number of aromatic hydroxyl groups is 1. The van der Waals surface area contributed by atoms with Gasteiger partial charge in [-0.3, -0.25) is 9.59 Å². The fraction of sp³-hybridized carbons (Fsp3) is 0.150. The number of phenols is 1. The van der Waals surface area contributed by atoms with Gasteiger partial charge in [0.15, 0.2) is 5.16 Å². The van der Waals surface area contributed by atoms with Crippen LogP contribution >= 0.6 is 11.8 Å². The molecule has 3 N–H and O–H groups in total. The number of thioether (sulfide) groups is 1. The molecule has 136 valence electrons. The van der Waals surface area contributed by atoms with E-state index in [0.29, 0.717) is 27.9 Å². The summed E-state index contributed by atoms with van der Waals surface area (Å²) in [4.78, 5) is 32.2. The molecule has 0 unspecified atom stereocenters. The van der Waals surface area contributed by atoms with Crippen LogP contribution in [-0.4, -0.2) is 21.0 Å². The fourth-order valence-corrected chi connectivity index (χ4v) is 3.99. The van der Waals surface area contributed by atoms with Crippen molar-refractivity contribution in [3.8, 4) is 5.75 Å². The first-order valence-electron chi connectivity index (χ1n) is 8.50. The second-order valence-corrected chi connectivity index (χ2v) is 7.27. The van der Waals surface area contributed by atoms with Gasteiger partial charge in [0.25, 0.3) is 5.56 Å². The molecule has 1 aromatic heterocycles. The van der Waals surface area contributed by atoms with Crippen LogP contribution in [0, 0.1) is 0 Å². The third-order valence-electron chi connectivity index (χ3n) is 4.42. The first-order valence-corrected chi connectivity index (χ1v) is 9.48. The molecule has 6 nitrogen and oxygen atoms in total. The summed E-state index contributed by atoms with van der Waals surface area (Å²) >= 11 is 1.40. The van der Waals surface area contributed by atoms with Gasteiger partial charge >= 0.3 is 0 Å². The average Bonchev–Trinajstić information content (AvgIpc) is 2.66. The Bertz CT molecular complexity index is 1050. The highest BCUT2D eigenvalue weighted by atomic mass is 32.2. The molecule has 1 aliphatic heterocycles. The predicted octanol–water partition coefficient (Wildman–Crippen LogP) is 3.24. The van der Waals surface area contributed by atoms with Crippen LogP contribution in [0.25, 0.3) is 0 Å². The minimum atomic E-state index is -0.440. The van der Waals surface area contributed by atoms with Crippen LogP contribution in [0.3, 0.4) is 0 Å². The number of carbonyl (C=O) groups excluding carboxylic acids is 1. The van der Waals surface area contributed by atoms with E-state index in [1.165, 1.54) is 11.8 Å². The highest BCUT2D eigenvalue weighted by Crippen LogP contribution is 2.35. The second kappa shape index (κ2) is 7.28. The number of hydrogen-bond acceptors (Lipinski definition) is 5. The Labute approximate surface area is 159 Å². The van der Waals surface area contributed by atoms with E-state index in [1.807, 2.05) is 30.3 Å². The lowest BCUT2D eigenvalue weighted by Gasteiger charge is -2.24. The lowest BCUT2D eigenvalue weighted by atomic mass is 9.87. The van der Waals surface area contributed by atoms with Crippen molar-refractivity contribution in [2.45, 2.75) is 23.2 Å². The number of hydrogen-bond donors (Lipinski definition) is 3. The lowest BCUT2D eigenvalue weighted by Crippen LogP contribution is -2.31. The molecule has 0 radical (unpaired) electrons. The highest BCUT2D eigenvalue weighted by molar-refractivity contribution is 7.98. The van der Waals surface area contributed by atoms with Crippen LogP contribution in [0.15, 0.2) is 64.5 Å². The molecule has 2 heterocycles. The summed E-state index contributed by atoms with van der Waals surface area (Å²) in [7, 11) is 0. The Hall–Kier alpha value is -3.06. The zero-order valence-corrected chi connectivity index (χ0v) is 15.1. The lowest BCUT2D eigenvalue weighted by molar-refractivity contribution is -0.116. The van der Waals surface area contributed by atoms with Crippen LogP contribution < -0.4 is 10.9 Å². The molecule has 1 amide bonds. The summed E-state index contributed by atoms with van der Waals surface area (Å²) in [6, 6.07) is 16.5. The number of amides is 1.